The summed E-state index contributed by atoms with van der Waals surface area (Å²) >= 11 is 0. The molecule has 1 amide bonds. The summed E-state index contributed by atoms with van der Waals surface area (Å²) in [5.74, 6) is -0.356. The summed E-state index contributed by atoms with van der Waals surface area (Å²) in [6.07, 6.45) is 1.36. The minimum absolute atomic E-state index is 0.244. The molecule has 112 valence electrons. The number of unbranched alkanes of at least 4 members (excludes halogenated alkanes) is 1. The van der Waals surface area contributed by atoms with E-state index >= 15 is 0 Å². The van der Waals surface area contributed by atoms with Crippen LogP contribution >= 0.6 is 0 Å². The quantitative estimate of drug-likeness (QED) is 0.360. The molecule has 2 rings (SSSR count). The molecular formula is C14H17FN4O2. The van der Waals surface area contributed by atoms with Crippen LogP contribution in [0.15, 0.2) is 29.4 Å². The van der Waals surface area contributed by atoms with E-state index in [-0.39, 0.29) is 18.9 Å². The molecule has 0 atom stereocenters. The number of nitrogens with zero attached hydrogens (tertiary/aromatic N) is 4. The Morgan fingerprint density at radius 2 is 2.14 bits per heavy atom. The van der Waals surface area contributed by atoms with Crippen molar-refractivity contribution in [2.75, 3.05) is 19.7 Å². The monoisotopic (exact) mass is 292 g/mol. The molecule has 1 heterocycles. The number of carbonyl (C=O) groups excluding carboxylic acids is 1. The fourth-order valence-corrected chi connectivity index (χ4v) is 2.26. The van der Waals surface area contributed by atoms with E-state index in [2.05, 4.69) is 10.0 Å². The second-order valence-corrected chi connectivity index (χ2v) is 5.05. The summed E-state index contributed by atoms with van der Waals surface area (Å²) in [6, 6.07) is 5.77. The van der Waals surface area contributed by atoms with Crippen LogP contribution in [0, 0.1) is 5.82 Å². The highest BCUT2D eigenvalue weighted by molar-refractivity contribution is 5.69. The van der Waals surface area contributed by atoms with E-state index in [0.717, 1.165) is 12.8 Å². The van der Waals surface area contributed by atoms with E-state index in [4.69, 9.17) is 10.3 Å². The van der Waals surface area contributed by atoms with Gasteiger partial charge in [0.2, 0.25) is 0 Å². The van der Waals surface area contributed by atoms with Crippen LogP contribution in [-0.4, -0.2) is 30.7 Å². The molecule has 1 fully saturated rings. The third-order valence-corrected chi connectivity index (χ3v) is 3.50. The SMILES string of the molecule is CCCCOC(=O)N1CC(N=[N+]=[N-])(c2ccc(F)cc2)C1. The maximum Gasteiger partial charge on any atom is 0.409 e. The summed E-state index contributed by atoms with van der Waals surface area (Å²) < 4.78 is 18.1. The molecule has 1 aromatic carbocycles. The molecule has 0 aliphatic carbocycles. The van der Waals surface area contributed by atoms with Gasteiger partial charge in [-0.3, -0.25) is 0 Å². The first-order valence-corrected chi connectivity index (χ1v) is 6.85. The highest BCUT2D eigenvalue weighted by atomic mass is 19.1. The number of halogens is 1. The van der Waals surface area contributed by atoms with Crippen molar-refractivity contribution >= 4 is 6.09 Å². The summed E-state index contributed by atoms with van der Waals surface area (Å²) in [5, 5.41) is 3.80. The molecule has 1 aliphatic rings. The van der Waals surface area contributed by atoms with Crippen LogP contribution in [0.4, 0.5) is 9.18 Å². The Bertz CT molecular complexity index is 549. The third-order valence-electron chi connectivity index (χ3n) is 3.50. The molecule has 0 N–H and O–H groups in total. The minimum Gasteiger partial charge on any atom is -0.449 e. The first kappa shape index (κ1) is 15.1. The van der Waals surface area contributed by atoms with Gasteiger partial charge in [0.05, 0.1) is 6.61 Å². The molecule has 0 unspecified atom stereocenters. The van der Waals surface area contributed by atoms with Crippen LogP contribution in [0.25, 0.3) is 10.4 Å². The van der Waals surface area contributed by atoms with Crippen LogP contribution in [0.3, 0.4) is 0 Å². The highest BCUT2D eigenvalue weighted by Gasteiger charge is 2.46. The fraction of sp³-hybridized carbons (Fsp3) is 0.500. The smallest absolute Gasteiger partial charge is 0.409 e. The second-order valence-electron chi connectivity index (χ2n) is 5.05. The van der Waals surface area contributed by atoms with Crippen LogP contribution in [-0.2, 0) is 10.3 Å². The number of rotatable bonds is 5. The lowest BCUT2D eigenvalue weighted by molar-refractivity contribution is 0.0387. The van der Waals surface area contributed by atoms with E-state index in [1.807, 2.05) is 6.92 Å². The molecule has 21 heavy (non-hydrogen) atoms. The number of ether oxygens (including phenoxy) is 1. The Kier molecular flexibility index (Phi) is 4.65. The first-order chi connectivity index (χ1) is 10.1. The Morgan fingerprint density at radius 3 is 2.71 bits per heavy atom. The molecule has 1 aliphatic heterocycles. The average molecular weight is 292 g/mol. The Morgan fingerprint density at radius 1 is 1.48 bits per heavy atom. The van der Waals surface area contributed by atoms with Crippen LogP contribution < -0.4 is 0 Å². The summed E-state index contributed by atoms with van der Waals surface area (Å²) in [4.78, 5) is 16.1. The van der Waals surface area contributed by atoms with Crippen molar-refractivity contribution in [3.05, 3.63) is 46.1 Å². The fourth-order valence-electron chi connectivity index (χ4n) is 2.26. The van der Waals surface area contributed by atoms with Crippen molar-refractivity contribution in [2.45, 2.75) is 25.3 Å². The van der Waals surface area contributed by atoms with E-state index < -0.39 is 11.6 Å². The van der Waals surface area contributed by atoms with Crippen molar-refractivity contribution in [2.24, 2.45) is 5.11 Å². The van der Waals surface area contributed by atoms with Crippen LogP contribution in [0.5, 0.6) is 0 Å². The molecule has 0 spiro atoms. The average Bonchev–Trinajstić information content (AvgIpc) is 2.43. The number of hydrogen-bond donors (Lipinski definition) is 0. The van der Waals surface area contributed by atoms with Gasteiger partial charge >= 0.3 is 6.09 Å². The number of carbonyl (C=O) groups is 1. The van der Waals surface area contributed by atoms with E-state index in [0.29, 0.717) is 12.2 Å². The van der Waals surface area contributed by atoms with Gasteiger partial charge in [-0.2, -0.15) is 0 Å². The largest absolute Gasteiger partial charge is 0.449 e. The number of azide groups is 1. The molecule has 0 saturated carbocycles. The number of benzene rings is 1. The van der Waals surface area contributed by atoms with Crippen LogP contribution in [0.1, 0.15) is 25.3 Å². The lowest BCUT2D eigenvalue weighted by Crippen LogP contribution is -2.60. The maximum atomic E-state index is 13.0. The minimum atomic E-state index is -0.827. The molecule has 0 radical (unpaired) electrons. The maximum absolute atomic E-state index is 13.0. The third kappa shape index (κ3) is 3.25. The van der Waals surface area contributed by atoms with Crippen molar-refractivity contribution < 1.29 is 13.9 Å². The number of amides is 1. The zero-order valence-electron chi connectivity index (χ0n) is 11.8. The van der Waals surface area contributed by atoms with Gasteiger partial charge in [0.15, 0.2) is 0 Å². The number of likely N-dealkylation sites (tertiary alicyclic amines) is 1. The predicted molar refractivity (Wildman–Crippen MR) is 75.1 cm³/mol. The van der Waals surface area contributed by atoms with Gasteiger partial charge in [-0.25, -0.2) is 9.18 Å². The molecule has 0 bridgehead atoms. The lowest BCUT2D eigenvalue weighted by atomic mass is 9.83. The molecule has 1 saturated heterocycles. The van der Waals surface area contributed by atoms with Gasteiger partial charge in [-0.05, 0) is 29.6 Å². The van der Waals surface area contributed by atoms with E-state index in [1.165, 1.54) is 17.0 Å². The van der Waals surface area contributed by atoms with E-state index in [1.54, 1.807) is 12.1 Å². The number of hydrogen-bond acceptors (Lipinski definition) is 3. The van der Waals surface area contributed by atoms with Crippen molar-refractivity contribution in [3.63, 3.8) is 0 Å². The summed E-state index contributed by atoms with van der Waals surface area (Å²) in [7, 11) is 0. The lowest BCUT2D eigenvalue weighted by Gasteiger charge is -2.46. The van der Waals surface area contributed by atoms with Crippen molar-refractivity contribution in [3.8, 4) is 0 Å². The van der Waals surface area contributed by atoms with E-state index in [9.17, 15) is 9.18 Å². The predicted octanol–water partition coefficient (Wildman–Crippen LogP) is 3.58. The standard InChI is InChI=1S/C14H17FN4O2/c1-2-3-8-21-13(20)19-9-14(10-19,17-18-16)11-4-6-12(15)7-5-11/h4-7H,2-3,8-10H2,1H3. The molecule has 6 nitrogen and oxygen atoms in total. The molecular weight excluding hydrogens is 275 g/mol. The van der Waals surface area contributed by atoms with Gasteiger partial charge in [-0.15, -0.1) is 0 Å². The zero-order valence-corrected chi connectivity index (χ0v) is 11.8. The first-order valence-electron chi connectivity index (χ1n) is 6.85. The zero-order chi connectivity index (χ0) is 15.3. The van der Waals surface area contributed by atoms with Gasteiger partial charge in [0, 0.05) is 18.0 Å². The highest BCUT2D eigenvalue weighted by Crippen LogP contribution is 2.36. The molecule has 1 aromatic rings. The summed E-state index contributed by atoms with van der Waals surface area (Å²) in [5.41, 5.74) is 8.60. The summed E-state index contributed by atoms with van der Waals surface area (Å²) in [6.45, 7) is 2.89. The normalized spacial score (nSPS) is 15.8. The Hall–Kier alpha value is -2.27. The van der Waals surface area contributed by atoms with Crippen molar-refractivity contribution in [1.82, 2.24) is 4.90 Å². The molecule has 0 aromatic heterocycles. The van der Waals surface area contributed by atoms with Crippen molar-refractivity contribution in [1.29, 1.82) is 0 Å². The Balaban J connectivity index is 2.03. The van der Waals surface area contributed by atoms with Gasteiger partial charge in [0.1, 0.15) is 11.4 Å². The van der Waals surface area contributed by atoms with Crippen LogP contribution in [0.2, 0.25) is 0 Å². The van der Waals surface area contributed by atoms with Gasteiger partial charge < -0.3 is 9.64 Å². The topological polar surface area (TPSA) is 78.3 Å². The van der Waals surface area contributed by atoms with Gasteiger partial charge in [0.25, 0.3) is 0 Å². The molecule has 7 heteroatoms. The second kappa shape index (κ2) is 6.45. The Labute approximate surface area is 122 Å². The van der Waals surface area contributed by atoms with Gasteiger partial charge in [-0.1, -0.05) is 30.6 Å².